The Morgan fingerprint density at radius 3 is 2.33 bits per heavy atom. The van der Waals surface area contributed by atoms with Gasteiger partial charge in [0.25, 0.3) is 11.7 Å². The zero-order valence-electron chi connectivity index (χ0n) is 42.5. The smallest absolute Gasteiger partial charge is 0.329 e. The van der Waals surface area contributed by atoms with Gasteiger partial charge in [-0.3, -0.25) is 19.2 Å². The second kappa shape index (κ2) is 25.7. The van der Waals surface area contributed by atoms with Gasteiger partial charge in [0.15, 0.2) is 11.6 Å². The molecule has 1 saturated carbocycles. The van der Waals surface area contributed by atoms with Crippen molar-refractivity contribution in [1.29, 1.82) is 0 Å². The van der Waals surface area contributed by atoms with Crippen molar-refractivity contribution < 1.29 is 57.9 Å². The minimum atomic E-state index is -2.43. The summed E-state index contributed by atoms with van der Waals surface area (Å²) in [5.74, 6) is -7.89. The number of cyclic esters (lactones) is 1. The van der Waals surface area contributed by atoms with E-state index in [1.54, 1.807) is 52.1 Å². The largest absolute Gasteiger partial charge is 0.460 e. The Morgan fingerprint density at radius 2 is 1.65 bits per heavy atom. The first-order valence-corrected chi connectivity index (χ1v) is 25.0. The number of esters is 1. The standard InChI is InChI=1S/C52H79N5O12/c1-31-16-12-11-13-17-32(2)43(65-8)28-39-21-19-37(7)52(64,69-39)49(61)50(62)56-23-15-14-18-41(56)51(63)68-44(34(4)26-38-20-22-40(45(27-38)66-9)57-30-53-54-55-57)29-42(58)33(3)25-36(6)47(60)48(67-10)46(59)35(5)24-31/h11-13,16-17,25,30-31,34-41,43-45,47-48,60,64H,14-15,18-24,26-29H2,1-10H3/t31-,34-,35?,36?,37-,38?,39+,40+,41+,43+,44?,45?,47-,48?,52-/m1/s1. The highest BCUT2D eigenvalue weighted by Gasteiger charge is 2.53. The molecule has 4 heterocycles. The van der Waals surface area contributed by atoms with E-state index < -0.39 is 77.8 Å². The van der Waals surface area contributed by atoms with Crippen LogP contribution in [0, 0.1) is 35.5 Å². The zero-order valence-corrected chi connectivity index (χ0v) is 42.5. The molecule has 1 aromatic heterocycles. The van der Waals surface area contributed by atoms with Gasteiger partial charge in [-0.25, -0.2) is 9.48 Å². The van der Waals surface area contributed by atoms with Crippen LogP contribution in [0.2, 0.25) is 0 Å². The van der Waals surface area contributed by atoms with E-state index in [1.165, 1.54) is 12.0 Å². The van der Waals surface area contributed by atoms with Crippen molar-refractivity contribution in [2.75, 3.05) is 27.9 Å². The average Bonchev–Trinajstić information content (AvgIpc) is 3.88. The fraction of sp³-hybridized carbons (Fsp3) is 0.731. The van der Waals surface area contributed by atoms with Crippen molar-refractivity contribution in [3.63, 3.8) is 0 Å². The third-order valence-corrected chi connectivity index (χ3v) is 15.2. The molecule has 0 radical (unpaired) electrons. The molecule has 1 aliphatic carbocycles. The monoisotopic (exact) mass is 966 g/mol. The fourth-order valence-corrected chi connectivity index (χ4v) is 10.8. The minimum absolute atomic E-state index is 0.0197. The van der Waals surface area contributed by atoms with Crippen LogP contribution in [0.4, 0.5) is 0 Å². The van der Waals surface area contributed by atoms with Crippen LogP contribution in [0.25, 0.3) is 0 Å². The van der Waals surface area contributed by atoms with Crippen LogP contribution < -0.4 is 0 Å². The van der Waals surface area contributed by atoms with Crippen LogP contribution in [0.1, 0.15) is 132 Å². The predicted molar refractivity (Wildman–Crippen MR) is 256 cm³/mol. The number of carbonyl (C=O) groups is 5. The molecule has 2 saturated heterocycles. The van der Waals surface area contributed by atoms with Crippen LogP contribution in [0.3, 0.4) is 0 Å². The molecule has 15 atom stereocenters. The maximum absolute atomic E-state index is 14.5. The molecule has 3 fully saturated rings. The number of piperidine rings is 1. The average molecular weight is 966 g/mol. The molecule has 4 aliphatic rings. The lowest BCUT2D eigenvalue weighted by molar-refractivity contribution is -0.265. The molecule has 6 unspecified atom stereocenters. The lowest BCUT2D eigenvalue weighted by atomic mass is 9.77. The maximum Gasteiger partial charge on any atom is 0.329 e. The molecule has 1 aromatic rings. The molecule has 69 heavy (non-hydrogen) atoms. The molecule has 384 valence electrons. The van der Waals surface area contributed by atoms with Gasteiger partial charge in [0.2, 0.25) is 5.79 Å². The Labute approximate surface area is 408 Å². The number of aromatic nitrogens is 4. The summed E-state index contributed by atoms with van der Waals surface area (Å²) in [4.78, 5) is 72.3. The fourth-order valence-electron chi connectivity index (χ4n) is 10.8. The second-order valence-corrected chi connectivity index (χ2v) is 20.4. The van der Waals surface area contributed by atoms with E-state index in [9.17, 15) is 34.2 Å². The number of hydrogen-bond donors (Lipinski definition) is 2. The van der Waals surface area contributed by atoms with Crippen LogP contribution in [0.5, 0.6) is 0 Å². The van der Waals surface area contributed by atoms with E-state index in [4.69, 9.17) is 23.7 Å². The van der Waals surface area contributed by atoms with Crippen molar-refractivity contribution in [2.24, 2.45) is 35.5 Å². The van der Waals surface area contributed by atoms with Crippen LogP contribution in [0.15, 0.2) is 53.9 Å². The topological polar surface area (TPSA) is 219 Å². The summed E-state index contributed by atoms with van der Waals surface area (Å²) >= 11 is 0. The van der Waals surface area contributed by atoms with Crippen molar-refractivity contribution in [2.45, 2.75) is 180 Å². The van der Waals surface area contributed by atoms with Gasteiger partial charge in [-0.1, -0.05) is 71.1 Å². The quantitative estimate of drug-likeness (QED) is 0.235. The second-order valence-electron chi connectivity index (χ2n) is 20.4. The normalized spacial score (nSPS) is 36.3. The highest BCUT2D eigenvalue weighted by Crippen LogP contribution is 2.39. The number of rotatable bonds is 7. The van der Waals surface area contributed by atoms with Gasteiger partial charge in [0.05, 0.1) is 30.5 Å². The Kier molecular flexibility index (Phi) is 20.8. The van der Waals surface area contributed by atoms with E-state index in [-0.39, 0.29) is 60.9 Å². The van der Waals surface area contributed by atoms with Crippen LogP contribution >= 0.6 is 0 Å². The summed E-state index contributed by atoms with van der Waals surface area (Å²) in [5.41, 5.74) is 1.20. The highest BCUT2D eigenvalue weighted by molar-refractivity contribution is 6.39. The molecule has 0 spiro atoms. The minimum Gasteiger partial charge on any atom is -0.460 e. The maximum atomic E-state index is 14.5. The third-order valence-electron chi connectivity index (χ3n) is 15.2. The van der Waals surface area contributed by atoms with Gasteiger partial charge in [-0.15, -0.1) is 5.10 Å². The molecule has 17 heteroatoms. The van der Waals surface area contributed by atoms with Crippen molar-refractivity contribution >= 4 is 29.2 Å². The number of amides is 1. The molecular weight excluding hydrogens is 887 g/mol. The summed E-state index contributed by atoms with van der Waals surface area (Å²) in [5, 5.41) is 35.2. The van der Waals surface area contributed by atoms with Gasteiger partial charge in [-0.05, 0) is 117 Å². The van der Waals surface area contributed by atoms with E-state index in [0.29, 0.717) is 56.9 Å². The number of carbonyl (C=O) groups excluding carboxylic acids is 5. The number of allylic oxidation sites excluding steroid dienone is 6. The van der Waals surface area contributed by atoms with Gasteiger partial charge in [-0.2, -0.15) is 0 Å². The summed E-state index contributed by atoms with van der Waals surface area (Å²) in [6, 6.07) is -1.20. The summed E-state index contributed by atoms with van der Waals surface area (Å²) in [6.07, 6.45) is 14.0. The van der Waals surface area contributed by atoms with E-state index in [1.807, 2.05) is 58.1 Å². The molecule has 0 aromatic carbocycles. The Bertz CT molecular complexity index is 2020. The van der Waals surface area contributed by atoms with Gasteiger partial charge in [0, 0.05) is 58.5 Å². The Balaban J connectivity index is 1.46. The number of aliphatic hydroxyl groups excluding tert-OH is 1. The summed E-state index contributed by atoms with van der Waals surface area (Å²) < 4.78 is 31.6. The Hall–Kier alpha value is -4.26. The summed E-state index contributed by atoms with van der Waals surface area (Å²) in [6.45, 7) is 12.8. The third kappa shape index (κ3) is 14.2. The number of Topliss-reactive ketones (excluding diaryl/α,β-unsaturated/α-hetero) is 3. The van der Waals surface area contributed by atoms with Crippen molar-refractivity contribution in [1.82, 2.24) is 25.1 Å². The van der Waals surface area contributed by atoms with Crippen LogP contribution in [-0.2, 0) is 47.7 Å². The molecule has 1 amide bonds. The number of hydrogen-bond acceptors (Lipinski definition) is 15. The van der Waals surface area contributed by atoms with Gasteiger partial charge >= 0.3 is 5.97 Å². The van der Waals surface area contributed by atoms with Crippen LogP contribution in [-0.4, -0.2) is 141 Å². The lowest BCUT2D eigenvalue weighted by Gasteiger charge is -2.42. The van der Waals surface area contributed by atoms with E-state index in [0.717, 1.165) is 18.4 Å². The predicted octanol–water partition coefficient (Wildman–Crippen LogP) is 6.05. The van der Waals surface area contributed by atoms with Gasteiger partial charge < -0.3 is 38.8 Å². The molecule has 3 aliphatic heterocycles. The number of methoxy groups -OCH3 is 3. The molecular formula is C52H79N5O12. The van der Waals surface area contributed by atoms with E-state index >= 15 is 0 Å². The molecule has 17 nitrogen and oxygen atoms in total. The first-order valence-electron chi connectivity index (χ1n) is 25.0. The number of ketones is 3. The Morgan fingerprint density at radius 1 is 0.899 bits per heavy atom. The first-order chi connectivity index (χ1) is 32.8. The SMILES string of the molecule is COC1C(=O)C(C)C[C@H](C)C=CC=CC=C(C)[C@@H](OC)C[C@@H]2CC[C@@H](C)[C@@](O)(O2)C(=O)C(=O)N2CCCC[C@H]2C(=O)OC([C@H](C)CC2CC[C@H](n3cnnn3)C(OC)C2)CC(=O)C(C)=CC(C)[C@H]1O. The molecule has 2 bridgehead atoms. The highest BCUT2D eigenvalue weighted by atomic mass is 16.6. The molecule has 2 N–H and O–H groups in total. The zero-order chi connectivity index (χ0) is 50.6. The number of ether oxygens (including phenoxy) is 5. The van der Waals surface area contributed by atoms with Crippen molar-refractivity contribution in [3.05, 3.63) is 53.9 Å². The molecule has 5 rings (SSSR count). The lowest BCUT2D eigenvalue weighted by Crippen LogP contribution is -2.61. The number of aliphatic hydroxyl groups is 2. The number of nitrogens with zero attached hydrogens (tertiary/aromatic N) is 5. The first kappa shape index (κ1) is 55.7. The number of tetrazole rings is 1. The number of fused-ring (bicyclic) bond motifs is 3. The van der Waals surface area contributed by atoms with Crippen molar-refractivity contribution in [3.8, 4) is 0 Å². The van der Waals surface area contributed by atoms with E-state index in [2.05, 4.69) is 15.5 Å². The van der Waals surface area contributed by atoms with Gasteiger partial charge in [0.1, 0.15) is 24.6 Å². The summed E-state index contributed by atoms with van der Waals surface area (Å²) in [7, 11) is 4.63.